The van der Waals surface area contributed by atoms with Crippen LogP contribution in [0.3, 0.4) is 0 Å². The van der Waals surface area contributed by atoms with Crippen molar-refractivity contribution in [3.8, 4) is 11.6 Å². The highest BCUT2D eigenvalue weighted by Crippen LogP contribution is 2.57. The summed E-state index contributed by atoms with van der Waals surface area (Å²) in [5.74, 6) is -2.89. The highest BCUT2D eigenvalue weighted by molar-refractivity contribution is 6.16. The van der Waals surface area contributed by atoms with Crippen LogP contribution in [-0.2, 0) is 19.6 Å². The van der Waals surface area contributed by atoms with Gasteiger partial charge in [0.25, 0.3) is 5.88 Å². The van der Waals surface area contributed by atoms with E-state index in [1.165, 1.54) is 0 Å². The number of aromatic nitrogens is 1. The summed E-state index contributed by atoms with van der Waals surface area (Å²) in [5, 5.41) is 28.3. The van der Waals surface area contributed by atoms with Crippen molar-refractivity contribution in [1.29, 1.82) is 0 Å². The van der Waals surface area contributed by atoms with E-state index in [4.69, 9.17) is 19.7 Å². The minimum atomic E-state index is -2.42. The largest absolute Gasteiger partial charge is 0.508 e. The lowest BCUT2D eigenvalue weighted by atomic mass is 9.58. The number of aryl methyl sites for hydroxylation is 1. The molecular weight excluding hydrogens is 586 g/mol. The number of hydrogen-bond donors (Lipinski definition) is 3. The molecule has 236 valence electrons. The Morgan fingerprint density at radius 3 is 2.26 bits per heavy atom. The van der Waals surface area contributed by atoms with Gasteiger partial charge in [-0.25, -0.2) is 0 Å². The molecule has 4 N–H and O–H groups in total. The Labute approximate surface area is 266 Å². The summed E-state index contributed by atoms with van der Waals surface area (Å²) in [6, 6.07) is 20.0. The average Bonchev–Trinajstić information content (AvgIpc) is 3.46. The molecule has 0 saturated heterocycles. The van der Waals surface area contributed by atoms with Crippen LogP contribution in [-0.4, -0.2) is 51.5 Å². The highest BCUT2D eigenvalue weighted by atomic mass is 16.5. The number of hydrogen-bond acceptors (Lipinski definition) is 10. The Kier molecular flexibility index (Phi) is 7.21. The highest BCUT2D eigenvalue weighted by Gasteiger charge is 2.64. The zero-order valence-corrected chi connectivity index (χ0v) is 25.8. The van der Waals surface area contributed by atoms with E-state index in [9.17, 15) is 19.8 Å². The quantitative estimate of drug-likeness (QED) is 0.237. The minimum Gasteiger partial charge on any atom is -0.508 e. The van der Waals surface area contributed by atoms with E-state index >= 15 is 0 Å². The molecule has 1 unspecified atom stereocenters. The molecule has 0 fully saturated rings. The molecule has 10 heteroatoms. The topological polar surface area (TPSA) is 148 Å². The van der Waals surface area contributed by atoms with Gasteiger partial charge in [0.1, 0.15) is 24.5 Å². The number of rotatable bonds is 7. The van der Waals surface area contributed by atoms with Gasteiger partial charge < -0.3 is 29.9 Å². The first kappa shape index (κ1) is 29.8. The summed E-state index contributed by atoms with van der Waals surface area (Å²) in [4.78, 5) is 30.5. The molecule has 0 aliphatic heterocycles. The number of carbonyl (C=O) groups is 2. The number of Topliss-reactive ketones (excluding diaryl/α,β-unsaturated/α-hetero) is 2. The summed E-state index contributed by atoms with van der Waals surface area (Å²) < 4.78 is 17.8. The number of allylic oxidation sites excluding steroid dienone is 1. The predicted octanol–water partition coefficient (Wildman–Crippen LogP) is 5.14. The average molecular weight is 622 g/mol. The van der Waals surface area contributed by atoms with Gasteiger partial charge in [0, 0.05) is 11.5 Å². The normalized spacial score (nSPS) is 23.5. The van der Waals surface area contributed by atoms with E-state index in [-0.39, 0.29) is 53.7 Å². The molecule has 4 atom stereocenters. The molecule has 3 aromatic carbocycles. The Hall–Kier alpha value is -4.93. The van der Waals surface area contributed by atoms with Crippen molar-refractivity contribution in [3.05, 3.63) is 117 Å². The van der Waals surface area contributed by atoms with E-state index in [0.717, 1.165) is 22.3 Å². The number of ether oxygens (including phenoxy) is 2. The Morgan fingerprint density at radius 1 is 1.00 bits per heavy atom. The van der Waals surface area contributed by atoms with Crippen LogP contribution in [0.5, 0.6) is 11.6 Å². The Bertz CT molecular complexity index is 1880. The number of nitrogens with zero attached hydrogens (tertiary/aromatic N) is 2. The first-order valence-electron chi connectivity index (χ1n) is 15.3. The van der Waals surface area contributed by atoms with E-state index < -0.39 is 40.8 Å². The summed E-state index contributed by atoms with van der Waals surface area (Å²) >= 11 is 0. The number of benzene rings is 3. The van der Waals surface area contributed by atoms with Crippen LogP contribution in [0.25, 0.3) is 0 Å². The molecule has 4 aromatic rings. The third kappa shape index (κ3) is 4.51. The molecule has 46 heavy (non-hydrogen) atoms. The zero-order chi connectivity index (χ0) is 32.3. The van der Waals surface area contributed by atoms with Crippen molar-refractivity contribution in [3.63, 3.8) is 0 Å². The summed E-state index contributed by atoms with van der Waals surface area (Å²) in [6.45, 7) is 2.18. The van der Waals surface area contributed by atoms with Crippen molar-refractivity contribution < 1.29 is 33.8 Å². The van der Waals surface area contributed by atoms with E-state index in [1.807, 2.05) is 72.5 Å². The number of aliphatic hydroxyl groups excluding tert-OH is 1. The lowest BCUT2D eigenvalue weighted by Crippen LogP contribution is -2.59. The molecule has 3 aliphatic carbocycles. The lowest BCUT2D eigenvalue weighted by molar-refractivity contribution is -0.0559. The van der Waals surface area contributed by atoms with Gasteiger partial charge in [0.15, 0.2) is 22.9 Å². The Morgan fingerprint density at radius 2 is 1.63 bits per heavy atom. The fraction of sp³-hybridized carbons (Fsp3) is 0.306. The van der Waals surface area contributed by atoms with Gasteiger partial charge in [-0.05, 0) is 73.3 Å². The van der Waals surface area contributed by atoms with E-state index in [0.29, 0.717) is 12.1 Å². The van der Waals surface area contributed by atoms with Gasteiger partial charge in [0.2, 0.25) is 5.78 Å². The molecule has 0 bridgehead atoms. The molecule has 0 saturated carbocycles. The van der Waals surface area contributed by atoms with Crippen molar-refractivity contribution in [2.45, 2.75) is 44.6 Å². The van der Waals surface area contributed by atoms with Gasteiger partial charge in [-0.1, -0.05) is 60.7 Å². The number of nitrogens with two attached hydrogens (primary N) is 1. The standard InChI is InChI=1S/C36H35N3O7/c1-19-14-25(37)31(44-17-20-10-6-4-7-11-20)27-23(19)15-22-16-24-29(39(2)3)32-28(34(42)36(24,43)33(41)26(22)30(27)40)35(38-46-32)45-18-21-12-8-5-9-13-21/h4-14,22,24,29,41,43H,15-18,37H2,1-3H3/t22-,24-,29?,36-/m0/s1. The second-order valence-electron chi connectivity index (χ2n) is 12.6. The number of aliphatic hydroxyl groups is 2. The fourth-order valence-electron chi connectivity index (χ4n) is 7.41. The fourth-order valence-corrected chi connectivity index (χ4v) is 7.41. The number of fused-ring (bicyclic) bond motifs is 4. The summed E-state index contributed by atoms with van der Waals surface area (Å²) in [7, 11) is 3.61. The molecule has 10 nitrogen and oxygen atoms in total. The maximum absolute atomic E-state index is 14.4. The molecule has 0 spiro atoms. The molecule has 0 radical (unpaired) electrons. The zero-order valence-electron chi connectivity index (χ0n) is 25.8. The van der Waals surface area contributed by atoms with E-state index in [2.05, 4.69) is 5.16 Å². The van der Waals surface area contributed by atoms with Crippen LogP contribution < -0.4 is 15.2 Å². The SMILES string of the molecule is Cc1cc(N)c(OCc2ccccc2)c2c1C[C@H]1C[C@H]3C(N(C)C)c4onc(OCc5ccccc5)c4C(=O)[C@@]3(O)C(O)=C1C2=O. The minimum absolute atomic E-state index is 0.00155. The van der Waals surface area contributed by atoms with Crippen molar-refractivity contribution >= 4 is 17.3 Å². The van der Waals surface area contributed by atoms with Crippen LogP contribution in [0.15, 0.2) is 82.6 Å². The summed E-state index contributed by atoms with van der Waals surface area (Å²) in [5.41, 5.74) is 7.83. The van der Waals surface area contributed by atoms with Crippen molar-refractivity contribution in [1.82, 2.24) is 10.1 Å². The van der Waals surface area contributed by atoms with Gasteiger partial charge in [-0.3, -0.25) is 14.5 Å². The number of ketones is 2. The van der Waals surface area contributed by atoms with Crippen molar-refractivity contribution in [2.24, 2.45) is 11.8 Å². The van der Waals surface area contributed by atoms with Gasteiger partial charge in [0.05, 0.1) is 17.3 Å². The molecule has 7 rings (SSSR count). The molecule has 1 aromatic heterocycles. The summed E-state index contributed by atoms with van der Waals surface area (Å²) in [6.07, 6.45) is 0.629. The predicted molar refractivity (Wildman–Crippen MR) is 169 cm³/mol. The monoisotopic (exact) mass is 621 g/mol. The van der Waals surface area contributed by atoms with Crippen LogP contribution in [0.1, 0.15) is 61.2 Å². The first-order chi connectivity index (χ1) is 22.1. The van der Waals surface area contributed by atoms with Crippen LogP contribution in [0.2, 0.25) is 0 Å². The van der Waals surface area contributed by atoms with Gasteiger partial charge in [-0.2, -0.15) is 0 Å². The van der Waals surface area contributed by atoms with Crippen LogP contribution in [0.4, 0.5) is 5.69 Å². The van der Waals surface area contributed by atoms with Crippen molar-refractivity contribution in [2.75, 3.05) is 19.8 Å². The lowest BCUT2D eigenvalue weighted by Gasteiger charge is -2.49. The number of anilines is 1. The van der Waals surface area contributed by atoms with Gasteiger partial charge in [-0.15, -0.1) is 0 Å². The molecule has 3 aliphatic rings. The maximum Gasteiger partial charge on any atom is 0.265 e. The van der Waals surface area contributed by atoms with E-state index in [1.54, 1.807) is 20.2 Å². The molecule has 1 heterocycles. The molecular formula is C36H35N3O7. The third-order valence-corrected chi connectivity index (χ3v) is 9.57. The second kappa shape index (κ2) is 11.1. The smallest absolute Gasteiger partial charge is 0.265 e. The van der Waals surface area contributed by atoms with Gasteiger partial charge >= 0.3 is 0 Å². The second-order valence-corrected chi connectivity index (χ2v) is 12.6. The molecule has 0 amide bonds. The third-order valence-electron chi connectivity index (χ3n) is 9.57. The van der Waals surface area contributed by atoms with Crippen LogP contribution in [0, 0.1) is 18.8 Å². The number of carbonyl (C=O) groups excluding carboxylic acids is 2. The first-order valence-corrected chi connectivity index (χ1v) is 15.3. The Balaban J connectivity index is 1.31. The number of nitrogen functional groups attached to an aromatic ring is 1. The maximum atomic E-state index is 14.4. The van der Waals surface area contributed by atoms with Crippen LogP contribution >= 0.6 is 0 Å².